The van der Waals surface area contributed by atoms with Crippen LogP contribution in [0.15, 0.2) is 65.2 Å². The molecule has 3 heterocycles. The summed E-state index contributed by atoms with van der Waals surface area (Å²) in [6, 6.07) is 16.0. The number of fused-ring (bicyclic) bond motifs is 2. The highest BCUT2D eigenvalue weighted by molar-refractivity contribution is 6.39. The third-order valence-corrected chi connectivity index (χ3v) is 9.65. The molecular weight excluding hydrogens is 620 g/mol. The van der Waals surface area contributed by atoms with Gasteiger partial charge in [-0.15, -0.1) is 0 Å². The van der Waals surface area contributed by atoms with E-state index in [4.69, 9.17) is 32.5 Å². The van der Waals surface area contributed by atoms with Crippen LogP contribution >= 0.6 is 23.2 Å². The molecule has 0 spiro atoms. The van der Waals surface area contributed by atoms with Crippen LogP contribution in [-0.2, 0) is 11.3 Å². The van der Waals surface area contributed by atoms with Gasteiger partial charge < -0.3 is 24.6 Å². The largest absolute Gasteiger partial charge is 0.478 e. The number of halogens is 3. The Bertz CT molecular complexity index is 1740. The van der Waals surface area contributed by atoms with E-state index in [1.54, 1.807) is 47.4 Å². The molecule has 3 aliphatic rings. The third kappa shape index (κ3) is 5.80. The summed E-state index contributed by atoms with van der Waals surface area (Å²) in [7, 11) is 0. The van der Waals surface area contributed by atoms with Crippen LogP contribution in [0.1, 0.15) is 66.1 Å². The Labute approximate surface area is 269 Å². The number of carboxylic acid groups (broad SMARTS) is 1. The van der Waals surface area contributed by atoms with Crippen molar-refractivity contribution < 1.29 is 28.3 Å². The highest BCUT2D eigenvalue weighted by Gasteiger charge is 2.44. The van der Waals surface area contributed by atoms with E-state index in [1.165, 1.54) is 6.07 Å². The van der Waals surface area contributed by atoms with Gasteiger partial charge in [-0.25, -0.2) is 14.0 Å². The Hall–Kier alpha value is -3.92. The minimum atomic E-state index is -1.25. The van der Waals surface area contributed by atoms with Crippen LogP contribution in [0, 0.1) is 5.82 Å². The first-order chi connectivity index (χ1) is 21.8. The summed E-state index contributed by atoms with van der Waals surface area (Å²) in [4.78, 5) is 27.2. The van der Waals surface area contributed by atoms with E-state index in [1.807, 2.05) is 6.07 Å². The van der Waals surface area contributed by atoms with Crippen LogP contribution in [0.4, 0.5) is 14.9 Å². The highest BCUT2D eigenvalue weighted by atomic mass is 35.5. The predicted octanol–water partition coefficient (Wildman–Crippen LogP) is 8.77. The standard InChI is InChI=1S/C34H30Cl2FN3O5/c35-26-7-4-8-27(36)30(26)31-25(32(45-39-31)19-9-10-19)17-44-22-13-20-11-12-21(14-22)40(20)34(43)38-29-16-23(18-5-2-1-3-6-18)24(33(41)42)15-28(29)37/h1-8,15-16,19-22H,9-14,17H2,(H,38,43)(H,41,42). The summed E-state index contributed by atoms with van der Waals surface area (Å²) >= 11 is 13.0. The maximum absolute atomic E-state index is 15.1. The average molecular weight is 651 g/mol. The number of rotatable bonds is 8. The normalized spacial score (nSPS) is 20.8. The number of aromatic nitrogens is 1. The zero-order chi connectivity index (χ0) is 31.2. The number of carbonyl (C=O) groups excluding carboxylic acids is 1. The minimum Gasteiger partial charge on any atom is -0.478 e. The summed E-state index contributed by atoms with van der Waals surface area (Å²) in [6.07, 6.45) is 4.85. The fraction of sp³-hybridized carbons (Fsp3) is 0.324. The lowest BCUT2D eigenvalue weighted by Gasteiger charge is -2.38. The Kier molecular flexibility index (Phi) is 8.02. The second-order valence-corrected chi connectivity index (χ2v) is 12.7. The fourth-order valence-corrected chi connectivity index (χ4v) is 7.30. The number of anilines is 1. The van der Waals surface area contributed by atoms with Crippen LogP contribution < -0.4 is 5.32 Å². The van der Waals surface area contributed by atoms with E-state index in [9.17, 15) is 14.7 Å². The first kappa shape index (κ1) is 29.8. The lowest BCUT2D eigenvalue weighted by Crippen LogP contribution is -2.50. The number of carbonyl (C=O) groups is 2. The first-order valence-electron chi connectivity index (χ1n) is 15.0. The summed E-state index contributed by atoms with van der Waals surface area (Å²) < 4.78 is 27.3. The van der Waals surface area contributed by atoms with Crippen molar-refractivity contribution in [3.63, 3.8) is 0 Å². The molecule has 2 N–H and O–H groups in total. The molecule has 7 rings (SSSR count). The number of aromatic carboxylic acids is 1. The van der Waals surface area contributed by atoms with Gasteiger partial charge >= 0.3 is 12.0 Å². The Morgan fingerprint density at radius 3 is 2.33 bits per heavy atom. The van der Waals surface area contributed by atoms with Gasteiger partial charge in [0.1, 0.15) is 17.3 Å². The van der Waals surface area contributed by atoms with Crippen LogP contribution in [0.5, 0.6) is 0 Å². The van der Waals surface area contributed by atoms with Gasteiger partial charge in [0.15, 0.2) is 0 Å². The summed E-state index contributed by atoms with van der Waals surface area (Å²) in [5.74, 6) is -0.935. The molecule has 232 valence electrons. The molecular formula is C34H30Cl2FN3O5. The number of ether oxygens (including phenoxy) is 1. The van der Waals surface area contributed by atoms with Crippen molar-refractivity contribution in [1.82, 2.24) is 10.1 Å². The molecule has 11 heteroatoms. The van der Waals surface area contributed by atoms with Crippen molar-refractivity contribution in [2.75, 3.05) is 5.32 Å². The lowest BCUT2D eigenvalue weighted by molar-refractivity contribution is -0.0158. The molecule has 3 fully saturated rings. The summed E-state index contributed by atoms with van der Waals surface area (Å²) in [5, 5.41) is 17.7. The molecule has 8 nitrogen and oxygen atoms in total. The summed E-state index contributed by atoms with van der Waals surface area (Å²) in [6.45, 7) is 0.284. The number of hydrogen-bond acceptors (Lipinski definition) is 5. The maximum Gasteiger partial charge on any atom is 0.336 e. The van der Waals surface area contributed by atoms with Crippen LogP contribution in [0.25, 0.3) is 22.4 Å². The predicted molar refractivity (Wildman–Crippen MR) is 168 cm³/mol. The molecule has 1 saturated carbocycles. The van der Waals surface area contributed by atoms with Gasteiger partial charge in [0.05, 0.1) is 34.0 Å². The van der Waals surface area contributed by atoms with Gasteiger partial charge in [-0.05, 0) is 73.9 Å². The number of nitrogens with one attached hydrogen (secondary N) is 1. The van der Waals surface area contributed by atoms with Crippen molar-refractivity contribution in [2.45, 2.75) is 69.2 Å². The third-order valence-electron chi connectivity index (χ3n) is 9.02. The Balaban J connectivity index is 1.06. The van der Waals surface area contributed by atoms with Gasteiger partial charge in [0.25, 0.3) is 0 Å². The van der Waals surface area contributed by atoms with Gasteiger partial charge in [-0.2, -0.15) is 0 Å². The highest BCUT2D eigenvalue weighted by Crippen LogP contribution is 2.47. The maximum atomic E-state index is 15.1. The topological polar surface area (TPSA) is 105 Å². The van der Waals surface area contributed by atoms with Crippen LogP contribution in [0.2, 0.25) is 10.0 Å². The van der Waals surface area contributed by atoms with Crippen molar-refractivity contribution in [1.29, 1.82) is 0 Å². The van der Waals surface area contributed by atoms with Gasteiger partial charge in [0.2, 0.25) is 0 Å². The molecule has 2 unspecified atom stereocenters. The van der Waals surface area contributed by atoms with Crippen molar-refractivity contribution >= 4 is 40.9 Å². The van der Waals surface area contributed by atoms with Crippen LogP contribution in [-0.4, -0.2) is 45.4 Å². The van der Waals surface area contributed by atoms with Crippen molar-refractivity contribution in [3.05, 3.63) is 93.4 Å². The molecule has 2 bridgehead atoms. The monoisotopic (exact) mass is 649 g/mol. The minimum absolute atomic E-state index is 0.0625. The van der Waals surface area contributed by atoms with Crippen LogP contribution in [0.3, 0.4) is 0 Å². The van der Waals surface area contributed by atoms with Gasteiger partial charge in [-0.1, -0.05) is 64.8 Å². The molecule has 1 aliphatic carbocycles. The van der Waals surface area contributed by atoms with E-state index in [0.29, 0.717) is 51.2 Å². The molecule has 2 aliphatic heterocycles. The number of nitrogens with zero attached hydrogens (tertiary/aromatic N) is 2. The Morgan fingerprint density at radius 1 is 1.00 bits per heavy atom. The average Bonchev–Trinajstić information content (AvgIpc) is 3.73. The fourth-order valence-electron chi connectivity index (χ4n) is 6.73. The van der Waals surface area contributed by atoms with E-state index in [2.05, 4.69) is 10.5 Å². The number of urea groups is 1. The molecule has 2 amide bonds. The zero-order valence-corrected chi connectivity index (χ0v) is 25.7. The molecule has 2 atom stereocenters. The van der Waals surface area contributed by atoms with E-state index in [0.717, 1.165) is 43.1 Å². The second kappa shape index (κ2) is 12.1. The molecule has 3 aromatic carbocycles. The smallest absolute Gasteiger partial charge is 0.336 e. The quantitative estimate of drug-likeness (QED) is 0.198. The molecule has 2 saturated heterocycles. The number of benzene rings is 3. The Morgan fingerprint density at radius 2 is 1.69 bits per heavy atom. The van der Waals surface area contributed by atoms with Crippen molar-refractivity contribution in [2.24, 2.45) is 0 Å². The summed E-state index contributed by atoms with van der Waals surface area (Å²) in [5.41, 5.74) is 2.78. The molecule has 45 heavy (non-hydrogen) atoms. The number of carboxylic acids is 1. The lowest BCUT2D eigenvalue weighted by atomic mass is 9.98. The van der Waals surface area contributed by atoms with E-state index >= 15 is 4.39 Å². The van der Waals surface area contributed by atoms with Gasteiger partial charge in [-0.3, -0.25) is 0 Å². The second-order valence-electron chi connectivity index (χ2n) is 11.9. The van der Waals surface area contributed by atoms with Crippen molar-refractivity contribution in [3.8, 4) is 22.4 Å². The van der Waals surface area contributed by atoms with E-state index < -0.39 is 17.8 Å². The SMILES string of the molecule is O=C(O)c1cc(F)c(NC(=O)N2C3CCC2CC(OCc2c(-c4c(Cl)cccc4Cl)noc2C2CC2)C3)cc1-c1ccccc1. The number of amides is 2. The number of hydrogen-bond donors (Lipinski definition) is 2. The molecule has 4 aromatic rings. The molecule has 1 aromatic heterocycles. The molecule has 0 radical (unpaired) electrons. The van der Waals surface area contributed by atoms with Gasteiger partial charge in [0, 0.05) is 29.1 Å². The number of piperidine rings is 1. The zero-order valence-electron chi connectivity index (χ0n) is 24.1. The first-order valence-corrected chi connectivity index (χ1v) is 15.8. The van der Waals surface area contributed by atoms with E-state index in [-0.39, 0.29) is 36.0 Å².